The average molecular weight is 251 g/mol. The standard InChI is InChI=1S/C15H25NO2/c1-4-14(9-10-17)16-11-13-5-7-15(8-6-13)18-12(2)3/h5-8,12,14,16-17H,4,9-11H2,1-3H3. The number of nitrogens with one attached hydrogen (secondary N) is 1. The van der Waals surface area contributed by atoms with Crippen LogP contribution < -0.4 is 10.1 Å². The van der Waals surface area contributed by atoms with Gasteiger partial charge in [-0.3, -0.25) is 0 Å². The molecule has 0 aliphatic heterocycles. The van der Waals surface area contributed by atoms with E-state index >= 15 is 0 Å². The van der Waals surface area contributed by atoms with E-state index in [1.165, 1.54) is 5.56 Å². The molecule has 0 heterocycles. The summed E-state index contributed by atoms with van der Waals surface area (Å²) in [5.41, 5.74) is 1.24. The van der Waals surface area contributed by atoms with Gasteiger partial charge >= 0.3 is 0 Å². The first-order valence-electron chi connectivity index (χ1n) is 6.75. The van der Waals surface area contributed by atoms with Crippen molar-refractivity contribution in [2.45, 2.75) is 52.3 Å². The van der Waals surface area contributed by atoms with Crippen LogP contribution in [0.4, 0.5) is 0 Å². The van der Waals surface area contributed by atoms with Crippen LogP contribution in [0.2, 0.25) is 0 Å². The van der Waals surface area contributed by atoms with Gasteiger partial charge in [-0.05, 0) is 44.4 Å². The molecule has 1 atom stereocenters. The van der Waals surface area contributed by atoms with E-state index in [9.17, 15) is 0 Å². The van der Waals surface area contributed by atoms with Crippen LogP contribution in [0.3, 0.4) is 0 Å². The first kappa shape index (κ1) is 15.0. The summed E-state index contributed by atoms with van der Waals surface area (Å²) in [6.45, 7) is 7.26. The summed E-state index contributed by atoms with van der Waals surface area (Å²) in [5, 5.41) is 12.4. The Morgan fingerprint density at radius 1 is 1.22 bits per heavy atom. The smallest absolute Gasteiger partial charge is 0.119 e. The van der Waals surface area contributed by atoms with E-state index < -0.39 is 0 Å². The maximum Gasteiger partial charge on any atom is 0.119 e. The van der Waals surface area contributed by atoms with E-state index in [0.29, 0.717) is 6.04 Å². The van der Waals surface area contributed by atoms with Crippen molar-refractivity contribution in [3.8, 4) is 5.75 Å². The van der Waals surface area contributed by atoms with E-state index in [0.717, 1.165) is 25.1 Å². The highest BCUT2D eigenvalue weighted by Gasteiger charge is 2.04. The van der Waals surface area contributed by atoms with Crippen LogP contribution >= 0.6 is 0 Å². The molecule has 1 aromatic carbocycles. The molecule has 0 saturated carbocycles. The van der Waals surface area contributed by atoms with Crippen molar-refractivity contribution in [2.75, 3.05) is 6.61 Å². The van der Waals surface area contributed by atoms with Crippen molar-refractivity contribution in [1.82, 2.24) is 5.32 Å². The molecule has 2 N–H and O–H groups in total. The van der Waals surface area contributed by atoms with Gasteiger partial charge in [0.15, 0.2) is 0 Å². The third kappa shape index (κ3) is 5.52. The van der Waals surface area contributed by atoms with Crippen molar-refractivity contribution in [3.05, 3.63) is 29.8 Å². The second-order valence-electron chi connectivity index (χ2n) is 4.81. The minimum atomic E-state index is 0.211. The molecule has 0 bridgehead atoms. The second kappa shape index (κ2) is 8.11. The normalized spacial score (nSPS) is 12.7. The number of ether oxygens (including phenoxy) is 1. The lowest BCUT2D eigenvalue weighted by Gasteiger charge is -2.16. The van der Waals surface area contributed by atoms with Gasteiger partial charge in [-0.15, -0.1) is 0 Å². The molecule has 0 aromatic heterocycles. The highest BCUT2D eigenvalue weighted by Crippen LogP contribution is 2.14. The molecule has 0 aliphatic rings. The third-order valence-electron chi connectivity index (χ3n) is 2.86. The largest absolute Gasteiger partial charge is 0.491 e. The maximum atomic E-state index is 8.93. The van der Waals surface area contributed by atoms with E-state index in [1.54, 1.807) is 0 Å². The topological polar surface area (TPSA) is 41.5 Å². The van der Waals surface area contributed by atoms with Crippen molar-refractivity contribution < 1.29 is 9.84 Å². The fourth-order valence-corrected chi connectivity index (χ4v) is 1.83. The Labute approximate surface area is 110 Å². The zero-order valence-corrected chi connectivity index (χ0v) is 11.6. The summed E-state index contributed by atoms with van der Waals surface area (Å²) in [4.78, 5) is 0. The third-order valence-corrected chi connectivity index (χ3v) is 2.86. The van der Waals surface area contributed by atoms with E-state index in [2.05, 4.69) is 24.4 Å². The first-order chi connectivity index (χ1) is 8.65. The molecule has 0 radical (unpaired) electrons. The van der Waals surface area contributed by atoms with Gasteiger partial charge in [-0.2, -0.15) is 0 Å². The Kier molecular flexibility index (Phi) is 6.76. The maximum absolute atomic E-state index is 8.93. The monoisotopic (exact) mass is 251 g/mol. The fraction of sp³-hybridized carbons (Fsp3) is 0.600. The first-order valence-corrected chi connectivity index (χ1v) is 6.75. The zero-order valence-electron chi connectivity index (χ0n) is 11.6. The van der Waals surface area contributed by atoms with Crippen LogP contribution in [0, 0.1) is 0 Å². The predicted octanol–water partition coefficient (Wildman–Crippen LogP) is 2.72. The van der Waals surface area contributed by atoms with Gasteiger partial charge in [-0.1, -0.05) is 19.1 Å². The lowest BCUT2D eigenvalue weighted by molar-refractivity contribution is 0.242. The van der Waals surface area contributed by atoms with Gasteiger partial charge in [0.25, 0.3) is 0 Å². The SMILES string of the molecule is CCC(CCO)NCc1ccc(OC(C)C)cc1. The van der Waals surface area contributed by atoms with Crippen molar-refractivity contribution in [3.63, 3.8) is 0 Å². The summed E-state index contributed by atoms with van der Waals surface area (Å²) in [7, 11) is 0. The lowest BCUT2D eigenvalue weighted by Crippen LogP contribution is -2.28. The summed E-state index contributed by atoms with van der Waals surface area (Å²) >= 11 is 0. The highest BCUT2D eigenvalue weighted by molar-refractivity contribution is 5.27. The van der Waals surface area contributed by atoms with E-state index in [1.807, 2.05) is 26.0 Å². The molecule has 0 spiro atoms. The Morgan fingerprint density at radius 2 is 1.89 bits per heavy atom. The van der Waals surface area contributed by atoms with Crippen molar-refractivity contribution >= 4 is 0 Å². The Morgan fingerprint density at radius 3 is 2.39 bits per heavy atom. The van der Waals surface area contributed by atoms with Crippen LogP contribution in [-0.4, -0.2) is 23.9 Å². The van der Waals surface area contributed by atoms with Crippen LogP contribution in [0.5, 0.6) is 5.75 Å². The molecular weight excluding hydrogens is 226 g/mol. The molecule has 0 amide bonds. The highest BCUT2D eigenvalue weighted by atomic mass is 16.5. The molecular formula is C15H25NO2. The van der Waals surface area contributed by atoms with Crippen LogP contribution in [0.15, 0.2) is 24.3 Å². The van der Waals surface area contributed by atoms with Gasteiger partial charge in [0.2, 0.25) is 0 Å². The molecule has 102 valence electrons. The molecule has 3 heteroatoms. The van der Waals surface area contributed by atoms with Crippen molar-refractivity contribution in [2.24, 2.45) is 0 Å². The Hall–Kier alpha value is -1.06. The second-order valence-corrected chi connectivity index (χ2v) is 4.81. The number of hydrogen-bond donors (Lipinski definition) is 2. The number of hydrogen-bond acceptors (Lipinski definition) is 3. The fourth-order valence-electron chi connectivity index (χ4n) is 1.83. The van der Waals surface area contributed by atoms with E-state index in [-0.39, 0.29) is 12.7 Å². The zero-order chi connectivity index (χ0) is 13.4. The van der Waals surface area contributed by atoms with Gasteiger partial charge < -0.3 is 15.2 Å². The summed E-state index contributed by atoms with van der Waals surface area (Å²) in [6.07, 6.45) is 2.06. The molecule has 1 unspecified atom stereocenters. The molecule has 0 saturated heterocycles. The van der Waals surface area contributed by atoms with Gasteiger partial charge in [-0.25, -0.2) is 0 Å². The van der Waals surface area contributed by atoms with Crippen LogP contribution in [0.25, 0.3) is 0 Å². The predicted molar refractivity (Wildman–Crippen MR) is 74.8 cm³/mol. The Bertz CT molecular complexity index is 322. The molecule has 18 heavy (non-hydrogen) atoms. The molecule has 1 rings (SSSR count). The molecule has 0 fully saturated rings. The quantitative estimate of drug-likeness (QED) is 0.746. The van der Waals surface area contributed by atoms with Crippen LogP contribution in [0.1, 0.15) is 39.2 Å². The molecule has 1 aromatic rings. The van der Waals surface area contributed by atoms with Gasteiger partial charge in [0, 0.05) is 19.2 Å². The molecule has 3 nitrogen and oxygen atoms in total. The van der Waals surface area contributed by atoms with E-state index in [4.69, 9.17) is 9.84 Å². The minimum absolute atomic E-state index is 0.211. The van der Waals surface area contributed by atoms with Gasteiger partial charge in [0.1, 0.15) is 5.75 Å². The lowest BCUT2D eigenvalue weighted by atomic mass is 10.1. The number of rotatable bonds is 8. The number of benzene rings is 1. The summed E-state index contributed by atoms with van der Waals surface area (Å²) < 4.78 is 5.60. The number of aliphatic hydroxyl groups is 1. The summed E-state index contributed by atoms with van der Waals surface area (Å²) in [6, 6.07) is 8.56. The van der Waals surface area contributed by atoms with Crippen LogP contribution in [-0.2, 0) is 6.54 Å². The molecule has 0 aliphatic carbocycles. The minimum Gasteiger partial charge on any atom is -0.491 e. The van der Waals surface area contributed by atoms with Crippen molar-refractivity contribution in [1.29, 1.82) is 0 Å². The Balaban J connectivity index is 2.43. The van der Waals surface area contributed by atoms with Gasteiger partial charge in [0.05, 0.1) is 6.10 Å². The summed E-state index contributed by atoms with van der Waals surface area (Å²) in [5.74, 6) is 0.913. The number of aliphatic hydroxyl groups excluding tert-OH is 1. The average Bonchev–Trinajstić information content (AvgIpc) is 2.35.